The third-order valence-corrected chi connectivity index (χ3v) is 0.804. The van der Waals surface area contributed by atoms with E-state index in [2.05, 4.69) is 9.47 Å². The lowest BCUT2D eigenvalue weighted by Gasteiger charge is -2.19. The summed E-state index contributed by atoms with van der Waals surface area (Å²) >= 11 is 0. The minimum atomic E-state index is -1.77. The highest BCUT2D eigenvalue weighted by molar-refractivity contribution is 4.49. The topological polar surface area (TPSA) is 18.5 Å². The first-order valence-corrected chi connectivity index (χ1v) is 3.36. The van der Waals surface area contributed by atoms with Crippen LogP contribution in [0.1, 0.15) is 27.7 Å². The molecule has 0 saturated heterocycles. The van der Waals surface area contributed by atoms with Gasteiger partial charge in [0.05, 0.1) is 0 Å². The van der Waals surface area contributed by atoms with E-state index in [1.807, 2.05) is 0 Å². The van der Waals surface area contributed by atoms with Crippen LogP contribution in [0.4, 0.5) is 8.78 Å². The van der Waals surface area contributed by atoms with E-state index in [9.17, 15) is 8.78 Å². The van der Waals surface area contributed by atoms with Crippen molar-refractivity contribution in [3.8, 4) is 0 Å². The van der Waals surface area contributed by atoms with Crippen LogP contribution in [-0.4, -0.2) is 18.5 Å². The quantitative estimate of drug-likeness (QED) is 0.600. The Morgan fingerprint density at radius 3 is 1.36 bits per heavy atom. The fourth-order valence-electron chi connectivity index (χ4n) is 0.310. The monoisotopic (exact) mass is 168 g/mol. The first-order chi connectivity index (χ1) is 4.71. The van der Waals surface area contributed by atoms with Gasteiger partial charge in [0.1, 0.15) is 0 Å². The van der Waals surface area contributed by atoms with Crippen LogP contribution in [0, 0.1) is 0 Å². The van der Waals surface area contributed by atoms with Crippen molar-refractivity contribution in [3.05, 3.63) is 0 Å². The van der Waals surface area contributed by atoms with Crippen LogP contribution in [0.3, 0.4) is 0 Å². The molecule has 0 aliphatic heterocycles. The predicted octanol–water partition coefficient (Wildman–Crippen LogP) is 2.39. The van der Waals surface area contributed by atoms with Crippen molar-refractivity contribution in [1.82, 2.24) is 0 Å². The molecule has 0 aromatic carbocycles. The molecule has 68 valence electrons. The average molecular weight is 168 g/mol. The molecule has 0 saturated carbocycles. The molecule has 0 bridgehead atoms. The Labute approximate surface area is 65.5 Å². The summed E-state index contributed by atoms with van der Waals surface area (Å²) in [7, 11) is 0. The van der Waals surface area contributed by atoms with Crippen molar-refractivity contribution in [2.75, 3.05) is 6.79 Å². The fourth-order valence-corrected chi connectivity index (χ4v) is 0.310. The van der Waals surface area contributed by atoms with E-state index in [1.165, 1.54) is 27.7 Å². The summed E-state index contributed by atoms with van der Waals surface area (Å²) < 4.78 is 34.0. The highest BCUT2D eigenvalue weighted by Crippen LogP contribution is 2.14. The summed E-state index contributed by atoms with van der Waals surface area (Å²) in [5, 5.41) is 0. The highest BCUT2D eigenvalue weighted by Gasteiger charge is 2.20. The standard InChI is InChI=1S/C7H14F2O2/c1-6(2,8)10-5-11-7(3,4)9/h5H2,1-4H3. The van der Waals surface area contributed by atoms with E-state index in [0.717, 1.165) is 0 Å². The van der Waals surface area contributed by atoms with E-state index in [0.29, 0.717) is 0 Å². The lowest BCUT2D eigenvalue weighted by Crippen LogP contribution is -2.25. The van der Waals surface area contributed by atoms with Crippen LogP contribution in [0.5, 0.6) is 0 Å². The predicted molar refractivity (Wildman–Crippen MR) is 37.4 cm³/mol. The van der Waals surface area contributed by atoms with Crippen LogP contribution >= 0.6 is 0 Å². The van der Waals surface area contributed by atoms with Gasteiger partial charge in [0.15, 0.2) is 6.79 Å². The maximum Gasteiger partial charge on any atom is 0.205 e. The average Bonchev–Trinajstić information content (AvgIpc) is 1.55. The first-order valence-electron chi connectivity index (χ1n) is 3.36. The van der Waals surface area contributed by atoms with Crippen LogP contribution in [-0.2, 0) is 9.47 Å². The van der Waals surface area contributed by atoms with Crippen LogP contribution in [0.15, 0.2) is 0 Å². The van der Waals surface area contributed by atoms with Crippen LogP contribution in [0.2, 0.25) is 0 Å². The maximum absolute atomic E-state index is 12.5. The van der Waals surface area contributed by atoms with E-state index in [4.69, 9.17) is 0 Å². The number of hydrogen-bond donors (Lipinski definition) is 0. The van der Waals surface area contributed by atoms with Gasteiger partial charge in [-0.1, -0.05) is 0 Å². The molecule has 0 spiro atoms. The van der Waals surface area contributed by atoms with Gasteiger partial charge >= 0.3 is 0 Å². The van der Waals surface area contributed by atoms with Gasteiger partial charge in [0.25, 0.3) is 0 Å². The second-order valence-corrected chi connectivity index (χ2v) is 3.13. The Kier molecular flexibility index (Phi) is 3.38. The molecule has 0 fully saturated rings. The first kappa shape index (κ1) is 10.8. The second-order valence-electron chi connectivity index (χ2n) is 3.13. The summed E-state index contributed by atoms with van der Waals surface area (Å²) in [6, 6.07) is 0. The molecule has 0 amide bonds. The fraction of sp³-hybridized carbons (Fsp3) is 1.00. The molecule has 0 aromatic heterocycles. The summed E-state index contributed by atoms with van der Waals surface area (Å²) in [6.45, 7) is 4.51. The Balaban J connectivity index is 3.44. The number of alkyl halides is 2. The molecule has 2 nitrogen and oxygen atoms in total. The van der Waals surface area contributed by atoms with Gasteiger partial charge in [-0.15, -0.1) is 0 Å². The molecule has 0 N–H and O–H groups in total. The maximum atomic E-state index is 12.5. The summed E-state index contributed by atoms with van der Waals surface area (Å²) in [5.74, 6) is -3.55. The zero-order valence-corrected chi connectivity index (χ0v) is 7.28. The highest BCUT2D eigenvalue weighted by atomic mass is 19.2. The molecule has 0 heterocycles. The molecule has 0 rings (SSSR count). The summed E-state index contributed by atoms with van der Waals surface area (Å²) in [4.78, 5) is 0. The van der Waals surface area contributed by atoms with E-state index < -0.39 is 11.7 Å². The number of halogens is 2. The summed E-state index contributed by atoms with van der Waals surface area (Å²) in [6.07, 6.45) is 0. The molecule has 11 heavy (non-hydrogen) atoms. The van der Waals surface area contributed by atoms with E-state index >= 15 is 0 Å². The smallest absolute Gasteiger partial charge is 0.205 e. The third-order valence-electron chi connectivity index (χ3n) is 0.804. The van der Waals surface area contributed by atoms with Crippen molar-refractivity contribution < 1.29 is 18.3 Å². The van der Waals surface area contributed by atoms with Gasteiger partial charge in [0.2, 0.25) is 11.7 Å². The van der Waals surface area contributed by atoms with E-state index in [1.54, 1.807) is 0 Å². The van der Waals surface area contributed by atoms with Crippen molar-refractivity contribution >= 4 is 0 Å². The largest absolute Gasteiger partial charge is 0.320 e. The van der Waals surface area contributed by atoms with Crippen molar-refractivity contribution in [3.63, 3.8) is 0 Å². The normalized spacial score (nSPS) is 13.6. The van der Waals surface area contributed by atoms with Gasteiger partial charge < -0.3 is 9.47 Å². The number of rotatable bonds is 4. The van der Waals surface area contributed by atoms with Crippen molar-refractivity contribution in [2.24, 2.45) is 0 Å². The number of ether oxygens (including phenoxy) is 2. The molecular formula is C7H14F2O2. The zero-order chi connectivity index (χ0) is 9.12. The Morgan fingerprint density at radius 2 is 1.18 bits per heavy atom. The zero-order valence-electron chi connectivity index (χ0n) is 7.28. The molecule has 4 heteroatoms. The van der Waals surface area contributed by atoms with Gasteiger partial charge in [-0.3, -0.25) is 0 Å². The minimum Gasteiger partial charge on any atom is -0.320 e. The Morgan fingerprint density at radius 1 is 0.909 bits per heavy atom. The molecule has 0 aliphatic rings. The van der Waals surface area contributed by atoms with Crippen LogP contribution in [0.25, 0.3) is 0 Å². The van der Waals surface area contributed by atoms with Crippen LogP contribution < -0.4 is 0 Å². The molecule has 0 atom stereocenters. The molecular weight excluding hydrogens is 154 g/mol. The minimum absolute atomic E-state index is 0.382. The second kappa shape index (κ2) is 3.45. The Hall–Kier alpha value is -0.220. The van der Waals surface area contributed by atoms with Gasteiger partial charge in [-0.25, -0.2) is 8.78 Å². The lowest BCUT2D eigenvalue weighted by molar-refractivity contribution is -0.243. The molecule has 0 radical (unpaired) electrons. The van der Waals surface area contributed by atoms with Crippen molar-refractivity contribution in [1.29, 1.82) is 0 Å². The van der Waals surface area contributed by atoms with Gasteiger partial charge in [0, 0.05) is 0 Å². The molecule has 0 unspecified atom stereocenters. The third kappa shape index (κ3) is 9.78. The summed E-state index contributed by atoms with van der Waals surface area (Å²) in [5.41, 5.74) is 0. The van der Waals surface area contributed by atoms with Gasteiger partial charge in [-0.2, -0.15) is 0 Å². The molecule has 0 aromatic rings. The lowest BCUT2D eigenvalue weighted by atomic mass is 10.4. The molecule has 0 aliphatic carbocycles. The van der Waals surface area contributed by atoms with Gasteiger partial charge in [-0.05, 0) is 27.7 Å². The SMILES string of the molecule is CC(C)(F)OCOC(C)(C)F. The van der Waals surface area contributed by atoms with E-state index in [-0.39, 0.29) is 6.79 Å². The van der Waals surface area contributed by atoms with Crippen molar-refractivity contribution in [2.45, 2.75) is 39.4 Å². The number of hydrogen-bond acceptors (Lipinski definition) is 2. The Bertz CT molecular complexity index is 98.6.